The van der Waals surface area contributed by atoms with Gasteiger partial charge < -0.3 is 10.2 Å². The molecule has 0 saturated carbocycles. The van der Waals surface area contributed by atoms with Crippen LogP contribution in [0.4, 0.5) is 14.6 Å². The fraction of sp³-hybridized carbons (Fsp3) is 0.400. The molecule has 0 radical (unpaired) electrons. The lowest BCUT2D eigenvalue weighted by atomic mass is 10.1. The molecule has 1 aliphatic heterocycles. The van der Waals surface area contributed by atoms with Crippen molar-refractivity contribution in [3.63, 3.8) is 0 Å². The lowest BCUT2D eigenvalue weighted by Crippen LogP contribution is -2.31. The fourth-order valence-corrected chi connectivity index (χ4v) is 3.63. The molecule has 27 heavy (non-hydrogen) atoms. The van der Waals surface area contributed by atoms with Gasteiger partial charge in [-0.1, -0.05) is 18.2 Å². The Morgan fingerprint density at radius 1 is 1.07 bits per heavy atom. The number of rotatable bonds is 6. The smallest absolute Gasteiger partial charge is 0.319 e. The molecule has 3 heterocycles. The van der Waals surface area contributed by atoms with Crippen LogP contribution in [0.25, 0.3) is 10.9 Å². The highest BCUT2D eigenvalue weighted by molar-refractivity contribution is 5.81. The Morgan fingerprint density at radius 3 is 2.70 bits per heavy atom. The van der Waals surface area contributed by atoms with E-state index in [-0.39, 0.29) is 6.54 Å². The van der Waals surface area contributed by atoms with Crippen molar-refractivity contribution in [2.75, 3.05) is 18.0 Å². The second kappa shape index (κ2) is 8.00. The maximum absolute atomic E-state index is 13.0. The molecule has 1 saturated heterocycles. The lowest BCUT2D eigenvalue weighted by molar-refractivity contribution is 0.0666. The number of anilines is 1. The van der Waals surface area contributed by atoms with Crippen LogP contribution in [0.5, 0.6) is 0 Å². The summed E-state index contributed by atoms with van der Waals surface area (Å²) < 4.78 is 26.8. The number of aromatic nitrogens is 3. The maximum Gasteiger partial charge on any atom is 0.319 e. The summed E-state index contributed by atoms with van der Waals surface area (Å²) in [5.41, 5.74) is 2.07. The second-order valence-corrected chi connectivity index (χ2v) is 6.84. The third-order valence-corrected chi connectivity index (χ3v) is 4.99. The summed E-state index contributed by atoms with van der Waals surface area (Å²) in [4.78, 5) is 11.3. The van der Waals surface area contributed by atoms with Gasteiger partial charge in [-0.3, -0.25) is 4.57 Å². The van der Waals surface area contributed by atoms with E-state index in [0.29, 0.717) is 12.4 Å². The number of nitrogens with zero attached hydrogens (tertiary/aromatic N) is 4. The molecule has 5 nitrogen and oxygen atoms in total. The van der Waals surface area contributed by atoms with Crippen molar-refractivity contribution in [3.8, 4) is 0 Å². The molecule has 142 valence electrons. The van der Waals surface area contributed by atoms with Crippen molar-refractivity contribution in [3.05, 3.63) is 54.1 Å². The first-order valence-electron chi connectivity index (χ1n) is 9.36. The van der Waals surface area contributed by atoms with Crippen molar-refractivity contribution in [2.24, 2.45) is 0 Å². The zero-order chi connectivity index (χ0) is 18.6. The summed E-state index contributed by atoms with van der Waals surface area (Å²) in [6.07, 6.45) is 6.31. The van der Waals surface area contributed by atoms with Crippen molar-refractivity contribution >= 4 is 16.7 Å². The van der Waals surface area contributed by atoms with E-state index in [1.165, 1.54) is 31.7 Å². The summed E-state index contributed by atoms with van der Waals surface area (Å²) in [7, 11) is 0. The van der Waals surface area contributed by atoms with Gasteiger partial charge in [-0.15, -0.1) is 0 Å². The molecule has 7 heteroatoms. The van der Waals surface area contributed by atoms with Crippen LogP contribution < -0.4 is 10.2 Å². The molecule has 0 bridgehead atoms. The van der Waals surface area contributed by atoms with Crippen LogP contribution in [0.3, 0.4) is 0 Å². The molecule has 0 unspecified atom stereocenters. The molecule has 1 N–H and O–H groups in total. The van der Waals surface area contributed by atoms with Gasteiger partial charge in [0.2, 0.25) is 0 Å². The summed E-state index contributed by atoms with van der Waals surface area (Å²) >= 11 is 0. The number of benzene rings is 1. The first-order chi connectivity index (χ1) is 13.2. The Hall–Kier alpha value is -2.54. The van der Waals surface area contributed by atoms with Crippen molar-refractivity contribution in [1.82, 2.24) is 19.9 Å². The van der Waals surface area contributed by atoms with Crippen LogP contribution >= 0.6 is 0 Å². The Balaban J connectivity index is 1.56. The van der Waals surface area contributed by atoms with Crippen molar-refractivity contribution in [2.45, 2.75) is 38.9 Å². The third-order valence-electron chi connectivity index (χ3n) is 4.99. The molecule has 4 rings (SSSR count). The van der Waals surface area contributed by atoms with Crippen LogP contribution in [-0.4, -0.2) is 27.6 Å². The van der Waals surface area contributed by atoms with Gasteiger partial charge in [0, 0.05) is 43.0 Å². The summed E-state index contributed by atoms with van der Waals surface area (Å²) in [5, 5.41) is 4.35. The molecule has 1 aromatic carbocycles. The van der Waals surface area contributed by atoms with E-state index in [4.69, 9.17) is 4.98 Å². The number of hydrogen-bond acceptors (Lipinski definition) is 4. The Kier molecular flexibility index (Phi) is 5.29. The zero-order valence-corrected chi connectivity index (χ0v) is 15.1. The van der Waals surface area contributed by atoms with Gasteiger partial charge in [-0.05, 0) is 31.4 Å². The van der Waals surface area contributed by atoms with E-state index >= 15 is 0 Å². The van der Waals surface area contributed by atoms with Crippen LogP contribution in [0.15, 0.2) is 42.7 Å². The van der Waals surface area contributed by atoms with E-state index in [9.17, 15) is 8.78 Å². The third kappa shape index (κ3) is 3.93. The maximum atomic E-state index is 13.0. The van der Waals surface area contributed by atoms with Gasteiger partial charge in [-0.2, -0.15) is 8.78 Å². The number of piperidine rings is 1. The Labute approximate surface area is 157 Å². The second-order valence-electron chi connectivity index (χ2n) is 6.84. The standard InChI is InChI=1S/C20H23F2N5/c21-20(22)27-11-8-24-18(27)14-23-13-16-12-15-6-2-3-7-17(15)25-19(16)26-9-4-1-5-10-26/h2-3,6-8,11-12,20,23H,1,4-5,9-10,13-14H2. The van der Waals surface area contributed by atoms with Crippen LogP contribution in [0.2, 0.25) is 0 Å². The van der Waals surface area contributed by atoms with Gasteiger partial charge in [0.15, 0.2) is 0 Å². The Bertz CT molecular complexity index is 902. The van der Waals surface area contributed by atoms with Crippen LogP contribution in [-0.2, 0) is 13.1 Å². The fourth-order valence-electron chi connectivity index (χ4n) is 3.63. The SMILES string of the molecule is FC(F)n1ccnc1CNCc1cc2ccccc2nc1N1CCCCC1. The minimum Gasteiger partial charge on any atom is -0.356 e. The average molecular weight is 371 g/mol. The summed E-state index contributed by atoms with van der Waals surface area (Å²) in [5.74, 6) is 1.33. The van der Waals surface area contributed by atoms with Gasteiger partial charge >= 0.3 is 6.55 Å². The molecule has 0 spiro atoms. The molecule has 1 aliphatic rings. The van der Waals surface area contributed by atoms with Gasteiger partial charge in [0.1, 0.15) is 11.6 Å². The molecule has 0 aliphatic carbocycles. The number of para-hydroxylation sites is 1. The van der Waals surface area contributed by atoms with E-state index in [1.807, 2.05) is 18.2 Å². The minimum atomic E-state index is -2.57. The van der Waals surface area contributed by atoms with E-state index in [1.54, 1.807) is 0 Å². The van der Waals surface area contributed by atoms with E-state index in [2.05, 4.69) is 27.3 Å². The average Bonchev–Trinajstić information content (AvgIpc) is 3.17. The number of halogens is 2. The van der Waals surface area contributed by atoms with Crippen molar-refractivity contribution < 1.29 is 8.78 Å². The number of fused-ring (bicyclic) bond motifs is 1. The number of imidazole rings is 1. The molecule has 1 fully saturated rings. The van der Waals surface area contributed by atoms with Crippen molar-refractivity contribution in [1.29, 1.82) is 0 Å². The first-order valence-corrected chi connectivity index (χ1v) is 9.36. The molecular formula is C20H23F2N5. The molecule has 0 atom stereocenters. The monoisotopic (exact) mass is 371 g/mol. The lowest BCUT2D eigenvalue weighted by Gasteiger charge is -2.30. The molecule has 0 amide bonds. The Morgan fingerprint density at radius 2 is 1.89 bits per heavy atom. The van der Waals surface area contributed by atoms with Gasteiger partial charge in [0.25, 0.3) is 0 Å². The minimum absolute atomic E-state index is 0.281. The number of hydrogen-bond donors (Lipinski definition) is 1. The van der Waals surface area contributed by atoms with Gasteiger partial charge in [0.05, 0.1) is 12.1 Å². The van der Waals surface area contributed by atoms with Crippen LogP contribution in [0, 0.1) is 0 Å². The van der Waals surface area contributed by atoms with E-state index < -0.39 is 6.55 Å². The highest BCUT2D eigenvalue weighted by Gasteiger charge is 2.17. The highest BCUT2D eigenvalue weighted by Crippen LogP contribution is 2.26. The molecule has 2 aromatic heterocycles. The predicted octanol–water partition coefficient (Wildman–Crippen LogP) is 4.11. The normalized spacial score (nSPS) is 15.0. The summed E-state index contributed by atoms with van der Waals surface area (Å²) in [6, 6.07) is 10.2. The van der Waals surface area contributed by atoms with Gasteiger partial charge in [-0.25, -0.2) is 9.97 Å². The highest BCUT2D eigenvalue weighted by atomic mass is 19.3. The molecular weight excluding hydrogens is 348 g/mol. The topological polar surface area (TPSA) is 46.0 Å². The largest absolute Gasteiger partial charge is 0.356 e. The summed E-state index contributed by atoms with van der Waals surface area (Å²) in [6.45, 7) is 0.279. The predicted molar refractivity (Wildman–Crippen MR) is 102 cm³/mol. The zero-order valence-electron chi connectivity index (χ0n) is 15.1. The first kappa shape index (κ1) is 17.9. The number of alkyl halides is 2. The molecule has 3 aromatic rings. The quantitative estimate of drug-likeness (QED) is 0.708. The van der Waals surface area contributed by atoms with Crippen LogP contribution in [0.1, 0.15) is 37.2 Å². The van der Waals surface area contributed by atoms with E-state index in [0.717, 1.165) is 39.9 Å². The number of nitrogens with one attached hydrogen (secondary N) is 1. The number of pyridine rings is 1.